The van der Waals surface area contributed by atoms with Crippen molar-refractivity contribution in [2.24, 2.45) is 0 Å². The van der Waals surface area contributed by atoms with Gasteiger partial charge in [0.1, 0.15) is 10.6 Å². The van der Waals surface area contributed by atoms with Crippen molar-refractivity contribution in [1.82, 2.24) is 0 Å². The van der Waals surface area contributed by atoms with Gasteiger partial charge in [0, 0.05) is 27.1 Å². The summed E-state index contributed by atoms with van der Waals surface area (Å²) in [6.07, 6.45) is 0. The second-order valence-corrected chi connectivity index (χ2v) is 6.62. The second-order valence-electron chi connectivity index (χ2n) is 3.72. The van der Waals surface area contributed by atoms with Crippen LogP contribution >= 0.6 is 46.3 Å². The molecule has 0 saturated heterocycles. The summed E-state index contributed by atoms with van der Waals surface area (Å²) in [5.74, 6) is 0.327. The largest absolute Gasteiger partial charge is 0.492 e. The van der Waals surface area contributed by atoms with Crippen molar-refractivity contribution < 1.29 is 14.6 Å². The summed E-state index contributed by atoms with van der Waals surface area (Å²) in [6, 6.07) is 6.82. The molecule has 0 unspecified atom stereocenters. The lowest BCUT2D eigenvalue weighted by Gasteiger charge is -2.06. The molecule has 1 N–H and O–H groups in total. The van der Waals surface area contributed by atoms with E-state index in [0.29, 0.717) is 28.2 Å². The zero-order valence-electron chi connectivity index (χ0n) is 10.1. The van der Waals surface area contributed by atoms with Crippen molar-refractivity contribution in [3.63, 3.8) is 0 Å². The Bertz CT molecular complexity index is 613. The molecule has 1 aromatic heterocycles. The van der Waals surface area contributed by atoms with Crippen molar-refractivity contribution >= 4 is 52.3 Å². The zero-order chi connectivity index (χ0) is 14.5. The van der Waals surface area contributed by atoms with Gasteiger partial charge in [0.2, 0.25) is 0 Å². The molecule has 0 fully saturated rings. The van der Waals surface area contributed by atoms with E-state index in [-0.39, 0.29) is 4.88 Å². The van der Waals surface area contributed by atoms with E-state index < -0.39 is 5.97 Å². The summed E-state index contributed by atoms with van der Waals surface area (Å²) in [4.78, 5) is 11.9. The smallest absolute Gasteiger partial charge is 0.346 e. The summed E-state index contributed by atoms with van der Waals surface area (Å²) in [5.41, 5.74) is 0. The van der Waals surface area contributed by atoms with Crippen molar-refractivity contribution in [2.45, 2.75) is 4.90 Å². The monoisotopic (exact) mass is 348 g/mol. The Labute approximate surface area is 134 Å². The van der Waals surface area contributed by atoms with Crippen LogP contribution in [-0.4, -0.2) is 23.4 Å². The van der Waals surface area contributed by atoms with E-state index in [4.69, 9.17) is 33.0 Å². The van der Waals surface area contributed by atoms with Gasteiger partial charge < -0.3 is 9.84 Å². The molecule has 7 heteroatoms. The molecule has 1 aromatic carbocycles. The first-order chi connectivity index (χ1) is 9.56. The lowest BCUT2D eigenvalue weighted by atomic mass is 10.4. The highest BCUT2D eigenvalue weighted by molar-refractivity contribution is 7.99. The quantitative estimate of drug-likeness (QED) is 0.594. The number of hydrogen-bond acceptors (Lipinski definition) is 4. The third kappa shape index (κ3) is 4.31. The van der Waals surface area contributed by atoms with Gasteiger partial charge in [-0.2, -0.15) is 0 Å². The Morgan fingerprint density at radius 2 is 2.15 bits per heavy atom. The third-order valence-electron chi connectivity index (χ3n) is 2.29. The van der Waals surface area contributed by atoms with Crippen molar-refractivity contribution in [3.8, 4) is 5.75 Å². The number of thioether (sulfide) groups is 1. The molecule has 1 heterocycles. The lowest BCUT2D eigenvalue weighted by Crippen LogP contribution is -1.99. The number of carboxylic acid groups (broad SMARTS) is 1. The Kier molecular flexibility index (Phi) is 5.60. The number of benzene rings is 1. The molecular formula is C13H10Cl2O3S2. The van der Waals surface area contributed by atoms with Gasteiger partial charge in [-0.05, 0) is 18.2 Å². The van der Waals surface area contributed by atoms with Crippen molar-refractivity contribution in [1.29, 1.82) is 0 Å². The summed E-state index contributed by atoms with van der Waals surface area (Å²) < 4.78 is 5.48. The van der Waals surface area contributed by atoms with E-state index in [1.165, 1.54) is 17.8 Å². The van der Waals surface area contributed by atoms with E-state index in [1.807, 2.05) is 6.07 Å². The minimum absolute atomic E-state index is 0.269. The second kappa shape index (κ2) is 7.22. The molecule has 0 aliphatic carbocycles. The molecule has 0 bridgehead atoms. The first-order valence-electron chi connectivity index (χ1n) is 5.59. The summed E-state index contributed by atoms with van der Waals surface area (Å²) in [7, 11) is 0. The summed E-state index contributed by atoms with van der Waals surface area (Å²) in [5, 5.41) is 11.8. The van der Waals surface area contributed by atoms with Crippen LogP contribution in [0.4, 0.5) is 0 Å². The Hall–Kier alpha value is -0.880. The number of rotatable bonds is 6. The number of ether oxygens (including phenoxy) is 1. The molecule has 0 spiro atoms. The average Bonchev–Trinajstić information content (AvgIpc) is 2.87. The number of carbonyl (C=O) groups is 1. The fourth-order valence-electron chi connectivity index (χ4n) is 1.41. The maximum atomic E-state index is 10.7. The minimum atomic E-state index is -0.940. The van der Waals surface area contributed by atoms with Gasteiger partial charge in [-0.15, -0.1) is 23.1 Å². The standard InChI is InChI=1S/C13H10Cl2O3S2/c14-8-1-2-10(15)11(5-8)19-4-3-18-9-6-12(13(16)17)20-7-9/h1-2,5-7H,3-4H2,(H,16,17). The number of carboxylic acids is 1. The lowest BCUT2D eigenvalue weighted by molar-refractivity contribution is 0.0702. The van der Waals surface area contributed by atoms with Gasteiger partial charge in [-0.3, -0.25) is 0 Å². The number of hydrogen-bond donors (Lipinski definition) is 1. The molecule has 0 saturated carbocycles. The molecule has 0 atom stereocenters. The normalized spacial score (nSPS) is 10.5. The van der Waals surface area contributed by atoms with E-state index in [1.54, 1.807) is 17.5 Å². The molecule has 3 nitrogen and oxygen atoms in total. The van der Waals surface area contributed by atoms with Gasteiger partial charge in [-0.25, -0.2) is 4.79 Å². The fraction of sp³-hybridized carbons (Fsp3) is 0.154. The van der Waals surface area contributed by atoms with Crippen LogP contribution in [0.15, 0.2) is 34.5 Å². The Morgan fingerprint density at radius 3 is 2.85 bits per heavy atom. The fourth-order valence-corrected chi connectivity index (χ4v) is 3.39. The highest BCUT2D eigenvalue weighted by Crippen LogP contribution is 2.30. The molecule has 0 radical (unpaired) electrons. The molecule has 0 amide bonds. The van der Waals surface area contributed by atoms with E-state index in [0.717, 1.165) is 16.2 Å². The van der Waals surface area contributed by atoms with Gasteiger partial charge >= 0.3 is 5.97 Å². The molecule has 20 heavy (non-hydrogen) atoms. The number of halogens is 2. The van der Waals surface area contributed by atoms with Crippen LogP contribution in [0, 0.1) is 0 Å². The first kappa shape index (κ1) is 15.5. The zero-order valence-corrected chi connectivity index (χ0v) is 13.3. The minimum Gasteiger partial charge on any atom is -0.492 e. The highest BCUT2D eigenvalue weighted by atomic mass is 35.5. The van der Waals surface area contributed by atoms with E-state index in [9.17, 15) is 4.79 Å². The van der Waals surface area contributed by atoms with E-state index in [2.05, 4.69) is 0 Å². The van der Waals surface area contributed by atoms with Crippen molar-refractivity contribution in [2.75, 3.05) is 12.4 Å². The van der Waals surface area contributed by atoms with Gasteiger partial charge in [0.15, 0.2) is 0 Å². The highest BCUT2D eigenvalue weighted by Gasteiger charge is 2.07. The van der Waals surface area contributed by atoms with Gasteiger partial charge in [-0.1, -0.05) is 23.2 Å². The molecule has 2 rings (SSSR count). The van der Waals surface area contributed by atoms with Crippen LogP contribution in [0.3, 0.4) is 0 Å². The van der Waals surface area contributed by atoms with Crippen LogP contribution in [0.25, 0.3) is 0 Å². The van der Waals surface area contributed by atoms with E-state index >= 15 is 0 Å². The van der Waals surface area contributed by atoms with Crippen LogP contribution in [0.5, 0.6) is 5.75 Å². The number of aromatic carboxylic acids is 1. The topological polar surface area (TPSA) is 46.5 Å². The maximum Gasteiger partial charge on any atom is 0.346 e. The Morgan fingerprint density at radius 1 is 1.35 bits per heavy atom. The summed E-state index contributed by atoms with van der Waals surface area (Å²) in [6.45, 7) is 0.462. The maximum absolute atomic E-state index is 10.7. The Balaban J connectivity index is 1.81. The number of thiophene rings is 1. The molecule has 106 valence electrons. The molecule has 0 aliphatic rings. The van der Waals surface area contributed by atoms with Crippen LogP contribution in [-0.2, 0) is 0 Å². The SMILES string of the molecule is O=C(O)c1cc(OCCSc2cc(Cl)ccc2Cl)cs1. The first-order valence-corrected chi connectivity index (χ1v) is 8.21. The van der Waals surface area contributed by atoms with Crippen LogP contribution in [0.1, 0.15) is 9.67 Å². The van der Waals surface area contributed by atoms with Gasteiger partial charge in [0.25, 0.3) is 0 Å². The van der Waals surface area contributed by atoms with Crippen LogP contribution in [0.2, 0.25) is 10.0 Å². The predicted octanol–water partition coefficient (Wildman–Crippen LogP) is 4.92. The molecule has 2 aromatic rings. The average molecular weight is 349 g/mol. The van der Waals surface area contributed by atoms with Gasteiger partial charge in [0.05, 0.1) is 11.6 Å². The molecular weight excluding hydrogens is 339 g/mol. The van der Waals surface area contributed by atoms with Crippen LogP contribution < -0.4 is 4.74 Å². The summed E-state index contributed by atoms with van der Waals surface area (Å²) >= 11 is 14.6. The third-order valence-corrected chi connectivity index (χ3v) is 4.88. The molecule has 0 aliphatic heterocycles. The predicted molar refractivity (Wildman–Crippen MR) is 84.0 cm³/mol. The van der Waals surface area contributed by atoms with Crippen molar-refractivity contribution in [3.05, 3.63) is 44.6 Å².